The number of aliphatic hydroxyl groups is 1. The molecule has 0 spiro atoms. The van der Waals surface area contributed by atoms with Crippen molar-refractivity contribution >= 4 is 11.8 Å². The van der Waals surface area contributed by atoms with Crippen molar-refractivity contribution in [3.8, 4) is 0 Å². The molecule has 0 aromatic carbocycles. The standard InChI is InChI=1S/C8H15N3O2S/c1-13-5-6(9)7(4-12)14-8-10-2-3-11-8/h2-3,6-7,12H,4-5,9H2,1H3,(H,10,11). The van der Waals surface area contributed by atoms with Crippen molar-refractivity contribution in [2.45, 2.75) is 16.4 Å². The second-order valence-corrected chi connectivity index (χ2v) is 4.08. The summed E-state index contributed by atoms with van der Waals surface area (Å²) in [6.07, 6.45) is 3.40. The van der Waals surface area contributed by atoms with Crippen molar-refractivity contribution < 1.29 is 9.84 Å². The van der Waals surface area contributed by atoms with E-state index in [0.29, 0.717) is 6.61 Å². The van der Waals surface area contributed by atoms with Crippen LogP contribution in [0.5, 0.6) is 0 Å². The van der Waals surface area contributed by atoms with Gasteiger partial charge in [0.2, 0.25) is 0 Å². The third-order valence-electron chi connectivity index (χ3n) is 1.75. The number of aliphatic hydroxyl groups excluding tert-OH is 1. The Bertz CT molecular complexity index is 243. The molecule has 0 saturated carbocycles. The van der Waals surface area contributed by atoms with Crippen LogP contribution in [-0.2, 0) is 4.74 Å². The number of H-pyrrole nitrogens is 1. The largest absolute Gasteiger partial charge is 0.395 e. The van der Waals surface area contributed by atoms with Gasteiger partial charge in [0.15, 0.2) is 5.16 Å². The van der Waals surface area contributed by atoms with Crippen LogP contribution in [-0.4, -0.2) is 46.7 Å². The number of nitrogens with two attached hydrogens (primary N) is 1. The van der Waals surface area contributed by atoms with Crippen LogP contribution in [0.2, 0.25) is 0 Å². The van der Waals surface area contributed by atoms with Crippen LogP contribution in [0, 0.1) is 0 Å². The topological polar surface area (TPSA) is 84.2 Å². The first-order valence-corrected chi connectivity index (χ1v) is 5.17. The number of aromatic nitrogens is 2. The van der Waals surface area contributed by atoms with E-state index in [1.54, 1.807) is 19.5 Å². The molecule has 0 amide bonds. The SMILES string of the molecule is COCC(N)C(CO)Sc1ncc[nH]1. The molecule has 2 atom stereocenters. The van der Waals surface area contributed by atoms with Crippen LogP contribution in [0.1, 0.15) is 0 Å². The Hall–Kier alpha value is -0.560. The summed E-state index contributed by atoms with van der Waals surface area (Å²) in [4.78, 5) is 6.99. The summed E-state index contributed by atoms with van der Waals surface area (Å²) < 4.78 is 4.93. The monoisotopic (exact) mass is 217 g/mol. The molecule has 80 valence electrons. The summed E-state index contributed by atoms with van der Waals surface area (Å²) in [5.74, 6) is 0. The normalized spacial score (nSPS) is 15.4. The predicted molar refractivity (Wildman–Crippen MR) is 55.2 cm³/mol. The first-order chi connectivity index (χ1) is 6.77. The van der Waals surface area contributed by atoms with Crippen molar-refractivity contribution in [3.05, 3.63) is 12.4 Å². The molecule has 1 aromatic rings. The van der Waals surface area contributed by atoms with Gasteiger partial charge in [-0.25, -0.2) is 4.98 Å². The molecule has 1 rings (SSSR count). The van der Waals surface area contributed by atoms with Gasteiger partial charge >= 0.3 is 0 Å². The fourth-order valence-electron chi connectivity index (χ4n) is 1.02. The number of methoxy groups -OCH3 is 1. The van der Waals surface area contributed by atoms with Gasteiger partial charge in [-0.3, -0.25) is 0 Å². The summed E-state index contributed by atoms with van der Waals surface area (Å²) in [5.41, 5.74) is 5.81. The third-order valence-corrected chi connectivity index (χ3v) is 3.00. The van der Waals surface area contributed by atoms with E-state index in [4.69, 9.17) is 15.6 Å². The number of hydrogen-bond acceptors (Lipinski definition) is 5. The molecule has 6 heteroatoms. The average Bonchev–Trinajstić information content (AvgIpc) is 2.66. The maximum atomic E-state index is 9.12. The number of hydrogen-bond donors (Lipinski definition) is 3. The molecule has 14 heavy (non-hydrogen) atoms. The van der Waals surface area contributed by atoms with Crippen LogP contribution in [0.4, 0.5) is 0 Å². The zero-order chi connectivity index (χ0) is 10.4. The van der Waals surface area contributed by atoms with E-state index in [1.165, 1.54) is 11.8 Å². The van der Waals surface area contributed by atoms with E-state index in [1.807, 2.05) is 0 Å². The summed E-state index contributed by atoms with van der Waals surface area (Å²) >= 11 is 1.42. The van der Waals surface area contributed by atoms with Gasteiger partial charge in [-0.1, -0.05) is 11.8 Å². The molecule has 4 N–H and O–H groups in total. The Labute approximate surface area is 87.1 Å². The highest BCUT2D eigenvalue weighted by molar-refractivity contribution is 7.99. The van der Waals surface area contributed by atoms with Crippen molar-refractivity contribution in [2.75, 3.05) is 20.3 Å². The minimum absolute atomic E-state index is 0.00981. The lowest BCUT2D eigenvalue weighted by Crippen LogP contribution is -2.38. The molecule has 5 nitrogen and oxygen atoms in total. The van der Waals surface area contributed by atoms with Gasteiger partial charge in [-0.2, -0.15) is 0 Å². The highest BCUT2D eigenvalue weighted by Gasteiger charge is 2.19. The summed E-state index contributed by atoms with van der Waals surface area (Å²) in [7, 11) is 1.59. The van der Waals surface area contributed by atoms with Crippen LogP contribution in [0.15, 0.2) is 17.6 Å². The molecule has 0 saturated heterocycles. The molecule has 0 radical (unpaired) electrons. The zero-order valence-electron chi connectivity index (χ0n) is 8.01. The lowest BCUT2D eigenvalue weighted by Gasteiger charge is -2.19. The van der Waals surface area contributed by atoms with Crippen molar-refractivity contribution in [2.24, 2.45) is 5.73 Å². The summed E-state index contributed by atoms with van der Waals surface area (Å²) in [5, 5.41) is 9.79. The minimum atomic E-state index is -0.194. The van der Waals surface area contributed by atoms with Crippen LogP contribution < -0.4 is 5.73 Å². The number of nitrogens with one attached hydrogen (secondary N) is 1. The number of aromatic amines is 1. The average molecular weight is 217 g/mol. The molecule has 0 bridgehead atoms. The highest BCUT2D eigenvalue weighted by Crippen LogP contribution is 2.20. The van der Waals surface area contributed by atoms with Gasteiger partial charge in [-0.05, 0) is 0 Å². The molecular formula is C8H15N3O2S. The zero-order valence-corrected chi connectivity index (χ0v) is 8.83. The summed E-state index contributed by atoms with van der Waals surface area (Å²) in [6.45, 7) is 0.439. The van der Waals surface area contributed by atoms with Gasteiger partial charge in [0.05, 0.1) is 18.5 Å². The van der Waals surface area contributed by atoms with E-state index in [9.17, 15) is 0 Å². The van der Waals surface area contributed by atoms with Gasteiger partial charge < -0.3 is 20.6 Å². The van der Waals surface area contributed by atoms with E-state index in [-0.39, 0.29) is 17.9 Å². The maximum Gasteiger partial charge on any atom is 0.165 e. The Kier molecular flexibility index (Phi) is 4.95. The predicted octanol–water partition coefficient (Wildman–Crippen LogP) is -0.164. The van der Waals surface area contributed by atoms with Crippen molar-refractivity contribution in [1.29, 1.82) is 0 Å². The Balaban J connectivity index is 2.46. The Morgan fingerprint density at radius 1 is 1.79 bits per heavy atom. The van der Waals surface area contributed by atoms with Crippen molar-refractivity contribution in [3.63, 3.8) is 0 Å². The highest BCUT2D eigenvalue weighted by atomic mass is 32.2. The number of imidazole rings is 1. The van der Waals surface area contributed by atoms with Crippen LogP contribution >= 0.6 is 11.8 Å². The second kappa shape index (κ2) is 6.02. The third kappa shape index (κ3) is 3.30. The number of rotatable bonds is 6. The quantitative estimate of drug-likeness (QED) is 0.576. The second-order valence-electron chi connectivity index (χ2n) is 2.85. The summed E-state index contributed by atoms with van der Waals surface area (Å²) in [6, 6.07) is -0.194. The van der Waals surface area contributed by atoms with E-state index in [0.717, 1.165) is 5.16 Å². The molecule has 0 aliphatic heterocycles. The molecular weight excluding hydrogens is 202 g/mol. The van der Waals surface area contributed by atoms with Gasteiger partial charge in [0.1, 0.15) is 0 Å². The maximum absolute atomic E-state index is 9.12. The van der Waals surface area contributed by atoms with Gasteiger partial charge in [-0.15, -0.1) is 0 Å². The number of nitrogens with zero attached hydrogens (tertiary/aromatic N) is 1. The van der Waals surface area contributed by atoms with Gasteiger partial charge in [0, 0.05) is 25.5 Å². The van der Waals surface area contributed by atoms with Gasteiger partial charge in [0.25, 0.3) is 0 Å². The fourth-order valence-corrected chi connectivity index (χ4v) is 1.89. The lowest BCUT2D eigenvalue weighted by atomic mass is 10.2. The van der Waals surface area contributed by atoms with Crippen LogP contribution in [0.25, 0.3) is 0 Å². The smallest absolute Gasteiger partial charge is 0.165 e. The van der Waals surface area contributed by atoms with Crippen LogP contribution in [0.3, 0.4) is 0 Å². The molecule has 0 aliphatic carbocycles. The molecule has 0 aliphatic rings. The first-order valence-electron chi connectivity index (χ1n) is 4.29. The number of ether oxygens (including phenoxy) is 1. The minimum Gasteiger partial charge on any atom is -0.395 e. The Morgan fingerprint density at radius 3 is 3.07 bits per heavy atom. The fraction of sp³-hybridized carbons (Fsp3) is 0.625. The lowest BCUT2D eigenvalue weighted by molar-refractivity contribution is 0.167. The van der Waals surface area contributed by atoms with E-state index >= 15 is 0 Å². The van der Waals surface area contributed by atoms with E-state index < -0.39 is 0 Å². The first kappa shape index (κ1) is 11.5. The molecule has 2 unspecified atom stereocenters. The Morgan fingerprint density at radius 2 is 2.57 bits per heavy atom. The molecule has 1 aromatic heterocycles. The van der Waals surface area contributed by atoms with Crippen molar-refractivity contribution in [1.82, 2.24) is 9.97 Å². The number of thioether (sulfide) groups is 1. The molecule has 0 fully saturated rings. The van der Waals surface area contributed by atoms with E-state index in [2.05, 4.69) is 9.97 Å². The molecule has 1 heterocycles.